The molecule has 0 saturated carbocycles. The summed E-state index contributed by atoms with van der Waals surface area (Å²) in [6.45, 7) is 12.2. The van der Waals surface area contributed by atoms with Crippen LogP contribution in [0.1, 0.15) is 67.3 Å². The van der Waals surface area contributed by atoms with Gasteiger partial charge in [-0.15, -0.1) is 0 Å². The highest BCUT2D eigenvalue weighted by atomic mass is 14.2. The van der Waals surface area contributed by atoms with Crippen molar-refractivity contribution in [3.8, 4) is 0 Å². The van der Waals surface area contributed by atoms with Crippen molar-refractivity contribution in [3.05, 3.63) is 76.3 Å². The maximum Gasteiger partial charge on any atom is 0.185 e. The quantitative estimate of drug-likeness (QED) is 0.515. The van der Waals surface area contributed by atoms with Gasteiger partial charge in [0.25, 0.3) is 0 Å². The molecular formula is C25H29B. The van der Waals surface area contributed by atoms with Gasteiger partial charge in [-0.05, 0) is 53.3 Å². The van der Waals surface area contributed by atoms with Crippen LogP contribution >= 0.6 is 0 Å². The Hall–Kier alpha value is -2.02. The molecule has 0 nitrogen and oxygen atoms in total. The van der Waals surface area contributed by atoms with E-state index in [4.69, 9.17) is 0 Å². The Morgan fingerprint density at radius 2 is 1.38 bits per heavy atom. The summed E-state index contributed by atoms with van der Waals surface area (Å²) in [4.78, 5) is 0. The average molecular weight is 340 g/mol. The number of hydrogen-bond donors (Lipinski definition) is 0. The van der Waals surface area contributed by atoms with E-state index < -0.39 is 0 Å². The molecule has 1 heterocycles. The van der Waals surface area contributed by atoms with Crippen molar-refractivity contribution < 1.29 is 0 Å². The monoisotopic (exact) mass is 340 g/mol. The molecule has 0 fully saturated rings. The number of hydrogen-bond acceptors (Lipinski definition) is 0. The minimum atomic E-state index is 0.568. The van der Waals surface area contributed by atoms with Gasteiger partial charge in [-0.25, -0.2) is 0 Å². The lowest BCUT2D eigenvalue weighted by Crippen LogP contribution is -2.42. The summed E-state index contributed by atoms with van der Waals surface area (Å²) in [5, 5.41) is 2.93. The van der Waals surface area contributed by atoms with Gasteiger partial charge in [0, 0.05) is 0 Å². The molecule has 4 rings (SSSR count). The van der Waals surface area contributed by atoms with Crippen molar-refractivity contribution in [1.29, 1.82) is 0 Å². The first-order valence-electron chi connectivity index (χ1n) is 10.1. The predicted octanol–water partition coefficient (Wildman–Crippen LogP) is 5.97. The first kappa shape index (κ1) is 17.4. The fraction of sp³-hybridized carbons (Fsp3) is 0.360. The molecule has 26 heavy (non-hydrogen) atoms. The third-order valence-corrected chi connectivity index (χ3v) is 6.05. The van der Waals surface area contributed by atoms with Crippen molar-refractivity contribution in [3.63, 3.8) is 0 Å². The minimum absolute atomic E-state index is 0.568. The van der Waals surface area contributed by atoms with Crippen LogP contribution in [0.25, 0.3) is 10.8 Å². The van der Waals surface area contributed by atoms with Gasteiger partial charge in [-0.3, -0.25) is 0 Å². The van der Waals surface area contributed by atoms with Crippen LogP contribution in [0.3, 0.4) is 0 Å². The van der Waals surface area contributed by atoms with Gasteiger partial charge in [0.15, 0.2) is 6.71 Å². The topological polar surface area (TPSA) is 0 Å². The first-order chi connectivity index (χ1) is 12.5. The highest BCUT2D eigenvalue weighted by Gasteiger charge is 2.29. The molecule has 0 aromatic heterocycles. The summed E-state index contributed by atoms with van der Waals surface area (Å²) in [5.74, 6) is 1.14. The van der Waals surface area contributed by atoms with E-state index in [1.807, 2.05) is 0 Å². The lowest BCUT2D eigenvalue weighted by molar-refractivity contribution is 0.843. The highest BCUT2D eigenvalue weighted by Crippen LogP contribution is 2.32. The van der Waals surface area contributed by atoms with Crippen LogP contribution in [0.5, 0.6) is 0 Å². The van der Waals surface area contributed by atoms with Gasteiger partial charge in [0.1, 0.15) is 0 Å². The lowest BCUT2D eigenvalue weighted by Gasteiger charge is -2.29. The zero-order chi connectivity index (χ0) is 18.4. The van der Waals surface area contributed by atoms with Gasteiger partial charge in [0.2, 0.25) is 0 Å². The maximum absolute atomic E-state index is 2.42. The standard InChI is InChI=1S/C25H29B/c1-16(2)22-10-7-11-23(17(3)4)25(22)26-14-20-9-6-8-19-12-18(5)13-21(15-26)24(19)20/h6-13,16-17H,14-15H2,1-5H3. The first-order valence-corrected chi connectivity index (χ1v) is 10.1. The summed E-state index contributed by atoms with van der Waals surface area (Å²) in [7, 11) is 0. The van der Waals surface area contributed by atoms with E-state index in [0.29, 0.717) is 18.5 Å². The second kappa shape index (κ2) is 6.61. The zero-order valence-electron chi connectivity index (χ0n) is 16.8. The summed E-state index contributed by atoms with van der Waals surface area (Å²) in [5.41, 5.74) is 9.17. The Morgan fingerprint density at radius 3 is 2.04 bits per heavy atom. The smallest absolute Gasteiger partial charge is 0.0726 e. The molecule has 0 bridgehead atoms. The van der Waals surface area contributed by atoms with Crippen molar-refractivity contribution >= 4 is 22.9 Å². The van der Waals surface area contributed by atoms with E-state index in [0.717, 1.165) is 6.32 Å². The maximum atomic E-state index is 2.42. The molecule has 1 heteroatoms. The molecule has 3 aromatic carbocycles. The van der Waals surface area contributed by atoms with Crippen LogP contribution in [0.2, 0.25) is 0 Å². The molecule has 1 aliphatic heterocycles. The third-order valence-electron chi connectivity index (χ3n) is 6.05. The Balaban J connectivity index is 1.89. The molecule has 0 amide bonds. The van der Waals surface area contributed by atoms with E-state index in [-0.39, 0.29) is 0 Å². The van der Waals surface area contributed by atoms with Crippen molar-refractivity contribution in [2.24, 2.45) is 0 Å². The lowest BCUT2D eigenvalue weighted by atomic mass is 9.35. The van der Waals surface area contributed by atoms with E-state index in [2.05, 4.69) is 83.1 Å². The number of aryl methyl sites for hydroxylation is 1. The van der Waals surface area contributed by atoms with Gasteiger partial charge in [0.05, 0.1) is 0 Å². The zero-order valence-corrected chi connectivity index (χ0v) is 16.8. The molecule has 0 radical (unpaired) electrons. The van der Waals surface area contributed by atoms with Gasteiger partial charge < -0.3 is 0 Å². The fourth-order valence-electron chi connectivity index (χ4n) is 4.98. The summed E-state index contributed by atoms with van der Waals surface area (Å²) >= 11 is 0. The van der Waals surface area contributed by atoms with Crippen LogP contribution < -0.4 is 5.46 Å². The molecule has 0 unspecified atom stereocenters. The van der Waals surface area contributed by atoms with Gasteiger partial charge in [-0.2, -0.15) is 0 Å². The number of benzene rings is 3. The van der Waals surface area contributed by atoms with Crippen LogP contribution in [-0.2, 0) is 12.6 Å². The minimum Gasteiger partial charge on any atom is -0.0726 e. The number of rotatable bonds is 3. The molecule has 0 aliphatic carbocycles. The second-order valence-electron chi connectivity index (χ2n) is 8.70. The van der Waals surface area contributed by atoms with Crippen molar-refractivity contribution in [2.75, 3.05) is 0 Å². The van der Waals surface area contributed by atoms with Crippen molar-refractivity contribution in [2.45, 2.75) is 59.1 Å². The van der Waals surface area contributed by atoms with Crippen LogP contribution in [0.4, 0.5) is 0 Å². The normalized spacial score (nSPS) is 13.9. The molecule has 132 valence electrons. The average Bonchev–Trinajstić information content (AvgIpc) is 2.60. The van der Waals surface area contributed by atoms with E-state index in [1.54, 1.807) is 22.2 Å². The summed E-state index contributed by atoms with van der Waals surface area (Å²) in [6, 6.07) is 18.6. The van der Waals surface area contributed by atoms with Gasteiger partial charge >= 0.3 is 0 Å². The Kier molecular flexibility index (Phi) is 4.43. The molecule has 0 spiro atoms. The van der Waals surface area contributed by atoms with E-state index in [9.17, 15) is 0 Å². The largest absolute Gasteiger partial charge is 0.185 e. The summed E-state index contributed by atoms with van der Waals surface area (Å²) < 4.78 is 0. The molecule has 3 aromatic rings. The SMILES string of the molecule is Cc1cc2c3c(cccc3c1)CB(c1c(C(C)C)cccc1C(C)C)C2. The second-order valence-corrected chi connectivity index (χ2v) is 8.70. The van der Waals surface area contributed by atoms with Crippen molar-refractivity contribution in [1.82, 2.24) is 0 Å². The van der Waals surface area contributed by atoms with Crippen LogP contribution in [0.15, 0.2) is 48.5 Å². The molecule has 0 N–H and O–H groups in total. The Labute approximate surface area is 158 Å². The Morgan fingerprint density at radius 1 is 0.769 bits per heavy atom. The molecule has 0 saturated heterocycles. The Bertz CT molecular complexity index is 939. The van der Waals surface area contributed by atoms with Crippen LogP contribution in [-0.4, -0.2) is 6.71 Å². The molecular weight excluding hydrogens is 311 g/mol. The highest BCUT2D eigenvalue weighted by molar-refractivity contribution is 6.74. The molecule has 1 aliphatic rings. The predicted molar refractivity (Wildman–Crippen MR) is 116 cm³/mol. The third kappa shape index (κ3) is 2.88. The van der Waals surface area contributed by atoms with Crippen LogP contribution in [0, 0.1) is 6.92 Å². The fourth-order valence-corrected chi connectivity index (χ4v) is 4.98. The summed E-state index contributed by atoms with van der Waals surface area (Å²) in [6.07, 6.45) is 2.33. The van der Waals surface area contributed by atoms with Gasteiger partial charge in [-0.1, -0.05) is 98.4 Å². The molecule has 0 atom stereocenters. The van der Waals surface area contributed by atoms with E-state index in [1.165, 1.54) is 28.2 Å². The van der Waals surface area contributed by atoms with E-state index >= 15 is 0 Å².